The summed E-state index contributed by atoms with van der Waals surface area (Å²) in [7, 11) is -3.44. The fraction of sp³-hybridized carbons (Fsp3) is 0.316. The minimum atomic E-state index is -3.44. The normalized spacial score (nSPS) is 16.2. The first-order valence-electron chi connectivity index (χ1n) is 8.69. The van der Waals surface area contributed by atoms with Crippen LogP contribution >= 0.6 is 23.4 Å². The first kappa shape index (κ1) is 20.2. The van der Waals surface area contributed by atoms with Gasteiger partial charge in [-0.2, -0.15) is 4.31 Å². The SMILES string of the molecule is CC(Sc1ccc(Cl)cc1)C(=O)Nc1ccc(S(=O)(=O)N2CCCC2)cc1. The quantitative estimate of drug-likeness (QED) is 0.704. The van der Waals surface area contributed by atoms with Crippen molar-refractivity contribution < 1.29 is 13.2 Å². The maximum Gasteiger partial charge on any atom is 0.243 e. The van der Waals surface area contributed by atoms with Crippen molar-refractivity contribution in [2.45, 2.75) is 34.8 Å². The molecule has 1 aliphatic heterocycles. The fourth-order valence-corrected chi connectivity index (χ4v) is 5.31. The molecular formula is C19H21ClN2O3S2. The Balaban J connectivity index is 1.61. The second kappa shape index (κ2) is 8.65. The molecule has 144 valence electrons. The number of benzene rings is 2. The Kier molecular flexibility index (Phi) is 6.47. The summed E-state index contributed by atoms with van der Waals surface area (Å²) in [5.41, 5.74) is 0.573. The summed E-state index contributed by atoms with van der Waals surface area (Å²) in [6.45, 7) is 2.96. The Labute approximate surface area is 169 Å². The summed E-state index contributed by atoms with van der Waals surface area (Å²) in [6.07, 6.45) is 1.80. The van der Waals surface area contributed by atoms with Crippen LogP contribution in [0.1, 0.15) is 19.8 Å². The summed E-state index contributed by atoms with van der Waals surface area (Å²) in [6, 6.07) is 13.6. The molecule has 1 saturated heterocycles. The summed E-state index contributed by atoms with van der Waals surface area (Å²) in [4.78, 5) is 13.6. The molecule has 1 heterocycles. The molecule has 1 N–H and O–H groups in total. The summed E-state index contributed by atoms with van der Waals surface area (Å²) >= 11 is 7.30. The Morgan fingerprint density at radius 2 is 1.67 bits per heavy atom. The number of halogens is 1. The molecule has 1 unspecified atom stereocenters. The minimum absolute atomic E-state index is 0.148. The van der Waals surface area contributed by atoms with E-state index in [0.717, 1.165) is 17.7 Å². The van der Waals surface area contributed by atoms with E-state index in [9.17, 15) is 13.2 Å². The number of sulfonamides is 1. The molecule has 0 aromatic heterocycles. The van der Waals surface area contributed by atoms with Crippen molar-refractivity contribution in [2.75, 3.05) is 18.4 Å². The maximum absolute atomic E-state index is 12.5. The zero-order chi connectivity index (χ0) is 19.4. The van der Waals surface area contributed by atoms with Crippen molar-refractivity contribution in [3.63, 3.8) is 0 Å². The highest BCUT2D eigenvalue weighted by Crippen LogP contribution is 2.26. The van der Waals surface area contributed by atoms with E-state index in [1.165, 1.54) is 16.1 Å². The Morgan fingerprint density at radius 1 is 1.07 bits per heavy atom. The number of hydrogen-bond acceptors (Lipinski definition) is 4. The lowest BCUT2D eigenvalue weighted by atomic mass is 10.3. The van der Waals surface area contributed by atoms with Crippen LogP contribution in [-0.2, 0) is 14.8 Å². The van der Waals surface area contributed by atoms with Gasteiger partial charge in [-0.15, -0.1) is 11.8 Å². The third kappa shape index (κ3) is 5.04. The molecule has 2 aromatic carbocycles. The van der Waals surface area contributed by atoms with E-state index in [0.29, 0.717) is 23.8 Å². The van der Waals surface area contributed by atoms with Gasteiger partial charge in [-0.05, 0) is 68.3 Å². The second-order valence-electron chi connectivity index (χ2n) is 6.34. The molecule has 27 heavy (non-hydrogen) atoms. The Morgan fingerprint density at radius 3 is 2.26 bits per heavy atom. The summed E-state index contributed by atoms with van der Waals surface area (Å²) < 4.78 is 26.6. The molecule has 5 nitrogen and oxygen atoms in total. The highest BCUT2D eigenvalue weighted by Gasteiger charge is 2.27. The van der Waals surface area contributed by atoms with E-state index >= 15 is 0 Å². The fourth-order valence-electron chi connectivity index (χ4n) is 2.80. The molecular weight excluding hydrogens is 404 g/mol. The van der Waals surface area contributed by atoms with Crippen LogP contribution in [0, 0.1) is 0 Å². The van der Waals surface area contributed by atoms with E-state index in [4.69, 9.17) is 11.6 Å². The third-order valence-electron chi connectivity index (χ3n) is 4.32. The number of carbonyl (C=O) groups excluding carboxylic acids is 1. The van der Waals surface area contributed by atoms with Crippen molar-refractivity contribution in [1.82, 2.24) is 4.31 Å². The topological polar surface area (TPSA) is 66.5 Å². The van der Waals surface area contributed by atoms with Crippen molar-refractivity contribution in [3.8, 4) is 0 Å². The van der Waals surface area contributed by atoms with Crippen LogP contribution in [0.25, 0.3) is 0 Å². The number of nitrogens with one attached hydrogen (secondary N) is 1. The van der Waals surface area contributed by atoms with Gasteiger partial charge in [0.05, 0.1) is 10.1 Å². The highest BCUT2D eigenvalue weighted by molar-refractivity contribution is 8.00. The Hall–Kier alpha value is -1.54. The lowest BCUT2D eigenvalue weighted by molar-refractivity contribution is -0.115. The van der Waals surface area contributed by atoms with Gasteiger partial charge in [0.2, 0.25) is 15.9 Å². The number of rotatable bonds is 6. The van der Waals surface area contributed by atoms with Crippen LogP contribution < -0.4 is 5.32 Å². The van der Waals surface area contributed by atoms with Gasteiger partial charge in [0.15, 0.2) is 0 Å². The lowest BCUT2D eigenvalue weighted by Crippen LogP contribution is -2.27. The molecule has 0 spiro atoms. The molecule has 0 aliphatic carbocycles. The number of thioether (sulfide) groups is 1. The molecule has 0 saturated carbocycles. The van der Waals surface area contributed by atoms with Crippen molar-refractivity contribution in [3.05, 3.63) is 53.6 Å². The molecule has 0 radical (unpaired) electrons. The van der Waals surface area contributed by atoms with Crippen LogP contribution in [0.15, 0.2) is 58.3 Å². The van der Waals surface area contributed by atoms with E-state index < -0.39 is 10.0 Å². The van der Waals surface area contributed by atoms with Crippen LogP contribution in [0.5, 0.6) is 0 Å². The number of carbonyl (C=O) groups is 1. The molecule has 1 aliphatic rings. The largest absolute Gasteiger partial charge is 0.325 e. The van der Waals surface area contributed by atoms with E-state index in [-0.39, 0.29) is 16.1 Å². The minimum Gasteiger partial charge on any atom is -0.325 e. The van der Waals surface area contributed by atoms with Crippen LogP contribution in [-0.4, -0.2) is 37.0 Å². The predicted molar refractivity (Wildman–Crippen MR) is 110 cm³/mol. The summed E-state index contributed by atoms with van der Waals surface area (Å²) in [5, 5.41) is 3.17. The molecule has 1 amide bonds. The molecule has 0 bridgehead atoms. The number of amides is 1. The second-order valence-corrected chi connectivity index (χ2v) is 10.1. The third-order valence-corrected chi connectivity index (χ3v) is 7.60. The van der Waals surface area contributed by atoms with Gasteiger partial charge < -0.3 is 5.32 Å². The molecule has 3 rings (SSSR count). The standard InChI is InChI=1S/C19H21ClN2O3S2/c1-14(26-17-8-4-15(20)5-9-17)19(23)21-16-6-10-18(11-7-16)27(24,25)22-12-2-3-13-22/h4-11,14H,2-3,12-13H2,1H3,(H,21,23). The molecule has 1 fully saturated rings. The Bertz CT molecular complexity index is 894. The first-order chi connectivity index (χ1) is 12.9. The highest BCUT2D eigenvalue weighted by atomic mass is 35.5. The smallest absolute Gasteiger partial charge is 0.243 e. The van der Waals surface area contributed by atoms with Crippen molar-refractivity contribution in [2.24, 2.45) is 0 Å². The molecule has 1 atom stereocenters. The van der Waals surface area contributed by atoms with Gasteiger partial charge in [-0.3, -0.25) is 4.79 Å². The van der Waals surface area contributed by atoms with E-state index in [1.807, 2.05) is 19.1 Å². The molecule has 2 aromatic rings. The monoisotopic (exact) mass is 424 g/mol. The average Bonchev–Trinajstić information content (AvgIpc) is 3.19. The van der Waals surface area contributed by atoms with Crippen molar-refractivity contribution >= 4 is 45.0 Å². The van der Waals surface area contributed by atoms with Crippen LogP contribution in [0.2, 0.25) is 5.02 Å². The van der Waals surface area contributed by atoms with Crippen LogP contribution in [0.4, 0.5) is 5.69 Å². The van der Waals surface area contributed by atoms with Gasteiger partial charge in [0, 0.05) is 28.7 Å². The zero-order valence-corrected chi connectivity index (χ0v) is 17.3. The van der Waals surface area contributed by atoms with Gasteiger partial charge in [-0.1, -0.05) is 11.6 Å². The first-order valence-corrected chi connectivity index (χ1v) is 11.4. The van der Waals surface area contributed by atoms with E-state index in [2.05, 4.69) is 5.32 Å². The number of anilines is 1. The van der Waals surface area contributed by atoms with Gasteiger partial charge in [0.25, 0.3) is 0 Å². The van der Waals surface area contributed by atoms with E-state index in [1.54, 1.807) is 36.4 Å². The van der Waals surface area contributed by atoms with Gasteiger partial charge >= 0.3 is 0 Å². The number of nitrogens with zero attached hydrogens (tertiary/aromatic N) is 1. The summed E-state index contributed by atoms with van der Waals surface area (Å²) in [5.74, 6) is -0.148. The number of hydrogen-bond donors (Lipinski definition) is 1. The molecule has 8 heteroatoms. The average molecular weight is 425 g/mol. The van der Waals surface area contributed by atoms with Crippen LogP contribution in [0.3, 0.4) is 0 Å². The predicted octanol–water partition coefficient (Wildman–Crippen LogP) is 4.24. The zero-order valence-electron chi connectivity index (χ0n) is 14.9. The van der Waals surface area contributed by atoms with Gasteiger partial charge in [-0.25, -0.2) is 8.42 Å². The maximum atomic E-state index is 12.5. The van der Waals surface area contributed by atoms with Crippen molar-refractivity contribution in [1.29, 1.82) is 0 Å². The lowest BCUT2D eigenvalue weighted by Gasteiger charge is -2.16. The van der Waals surface area contributed by atoms with Gasteiger partial charge in [0.1, 0.15) is 0 Å².